The summed E-state index contributed by atoms with van der Waals surface area (Å²) in [6.07, 6.45) is 3.40. The minimum absolute atomic E-state index is 0.00926. The van der Waals surface area contributed by atoms with E-state index in [9.17, 15) is 4.79 Å². The molecule has 0 amide bonds. The number of esters is 1. The van der Waals surface area contributed by atoms with Gasteiger partial charge in [-0.1, -0.05) is 6.92 Å². The van der Waals surface area contributed by atoms with Gasteiger partial charge in [-0.15, -0.1) is 0 Å². The summed E-state index contributed by atoms with van der Waals surface area (Å²) in [6, 6.07) is 0. The van der Waals surface area contributed by atoms with E-state index in [1.165, 1.54) is 0 Å². The second-order valence-corrected chi connectivity index (χ2v) is 3.69. The van der Waals surface area contributed by atoms with Crippen LogP contribution in [-0.2, 0) is 14.3 Å². The number of carbonyl (C=O) groups excluding carboxylic acids is 1. The normalized spacial score (nSPS) is 40.8. The van der Waals surface area contributed by atoms with Gasteiger partial charge in [0.1, 0.15) is 0 Å². The van der Waals surface area contributed by atoms with Gasteiger partial charge in [0.2, 0.25) is 6.29 Å². The van der Waals surface area contributed by atoms with Gasteiger partial charge in [0, 0.05) is 5.41 Å². The summed E-state index contributed by atoms with van der Waals surface area (Å²) in [5.74, 6) is -0.0937. The third kappa shape index (κ3) is 1.04. The van der Waals surface area contributed by atoms with E-state index in [4.69, 9.17) is 9.47 Å². The first-order chi connectivity index (χ1) is 5.77. The Morgan fingerprint density at radius 1 is 1.67 bits per heavy atom. The van der Waals surface area contributed by atoms with Crippen molar-refractivity contribution in [3.63, 3.8) is 0 Å². The molecular weight excluding hydrogens is 156 g/mol. The molecule has 0 spiro atoms. The third-order valence-electron chi connectivity index (χ3n) is 3.03. The van der Waals surface area contributed by atoms with Crippen LogP contribution in [0.15, 0.2) is 0 Å². The van der Waals surface area contributed by atoms with E-state index >= 15 is 0 Å². The van der Waals surface area contributed by atoms with Crippen LogP contribution in [0.5, 0.6) is 0 Å². The molecule has 2 aliphatic rings. The fourth-order valence-corrected chi connectivity index (χ4v) is 2.16. The van der Waals surface area contributed by atoms with Crippen molar-refractivity contribution in [2.24, 2.45) is 5.41 Å². The molecule has 0 aromatic carbocycles. The molecule has 0 aromatic rings. The van der Waals surface area contributed by atoms with Crippen molar-refractivity contribution in [3.05, 3.63) is 0 Å². The molecule has 0 aromatic heterocycles. The molecule has 2 aliphatic heterocycles. The number of fused-ring (bicyclic) bond motifs is 1. The van der Waals surface area contributed by atoms with Crippen molar-refractivity contribution < 1.29 is 14.3 Å². The van der Waals surface area contributed by atoms with Crippen LogP contribution >= 0.6 is 0 Å². The topological polar surface area (TPSA) is 35.5 Å². The van der Waals surface area contributed by atoms with Crippen molar-refractivity contribution in [1.82, 2.24) is 0 Å². The highest BCUT2D eigenvalue weighted by Gasteiger charge is 2.50. The van der Waals surface area contributed by atoms with Crippen LogP contribution in [0.2, 0.25) is 0 Å². The molecule has 0 bridgehead atoms. The smallest absolute Gasteiger partial charge is 0.308 e. The predicted octanol–water partition coefficient (Wildman–Crippen LogP) is 1.47. The van der Waals surface area contributed by atoms with Crippen LogP contribution in [-0.4, -0.2) is 18.9 Å². The Kier molecular flexibility index (Phi) is 1.83. The maximum Gasteiger partial charge on any atom is 0.308 e. The average Bonchev–Trinajstić information content (AvgIpc) is 2.41. The summed E-state index contributed by atoms with van der Waals surface area (Å²) in [5.41, 5.74) is 0.00926. The third-order valence-corrected chi connectivity index (χ3v) is 3.03. The van der Waals surface area contributed by atoms with Gasteiger partial charge in [-0.2, -0.15) is 0 Å². The van der Waals surface area contributed by atoms with E-state index in [1.54, 1.807) is 0 Å². The molecule has 0 aliphatic carbocycles. The summed E-state index contributed by atoms with van der Waals surface area (Å²) in [5, 5.41) is 0. The number of hydrogen-bond acceptors (Lipinski definition) is 3. The fraction of sp³-hybridized carbons (Fsp3) is 0.889. The lowest BCUT2D eigenvalue weighted by Gasteiger charge is -2.35. The first-order valence-corrected chi connectivity index (χ1v) is 4.58. The Bertz CT molecular complexity index is 202. The summed E-state index contributed by atoms with van der Waals surface area (Å²) in [7, 11) is 0. The van der Waals surface area contributed by atoms with Crippen molar-refractivity contribution in [1.29, 1.82) is 0 Å². The number of hydrogen-bond donors (Lipinski definition) is 0. The molecule has 2 fully saturated rings. The molecular formula is C9H14O3. The lowest BCUT2D eigenvalue weighted by Crippen LogP contribution is -2.37. The van der Waals surface area contributed by atoms with Crippen molar-refractivity contribution in [2.75, 3.05) is 6.61 Å². The van der Waals surface area contributed by atoms with E-state index in [1.807, 2.05) is 0 Å². The summed E-state index contributed by atoms with van der Waals surface area (Å²) < 4.78 is 10.5. The summed E-state index contributed by atoms with van der Waals surface area (Å²) >= 11 is 0. The van der Waals surface area contributed by atoms with Gasteiger partial charge in [0.25, 0.3) is 0 Å². The quantitative estimate of drug-likeness (QED) is 0.559. The van der Waals surface area contributed by atoms with Crippen LogP contribution in [0.3, 0.4) is 0 Å². The van der Waals surface area contributed by atoms with Gasteiger partial charge >= 0.3 is 5.97 Å². The van der Waals surface area contributed by atoms with Crippen LogP contribution in [0.1, 0.15) is 32.6 Å². The Morgan fingerprint density at radius 2 is 2.50 bits per heavy atom. The molecule has 2 saturated heterocycles. The largest absolute Gasteiger partial charge is 0.435 e. The van der Waals surface area contributed by atoms with Crippen LogP contribution in [0.25, 0.3) is 0 Å². The zero-order chi connectivity index (χ0) is 8.60. The fourth-order valence-electron chi connectivity index (χ4n) is 2.16. The molecule has 2 atom stereocenters. The predicted molar refractivity (Wildman–Crippen MR) is 42.4 cm³/mol. The molecule has 3 nitrogen and oxygen atoms in total. The van der Waals surface area contributed by atoms with Gasteiger partial charge in [0.05, 0.1) is 13.0 Å². The summed E-state index contributed by atoms with van der Waals surface area (Å²) in [6.45, 7) is 2.84. The lowest BCUT2D eigenvalue weighted by atomic mass is 9.77. The number of ether oxygens (including phenoxy) is 2. The van der Waals surface area contributed by atoms with Crippen molar-refractivity contribution in [2.45, 2.75) is 38.9 Å². The minimum Gasteiger partial charge on any atom is -0.435 e. The maximum absolute atomic E-state index is 11.1. The van der Waals surface area contributed by atoms with E-state index in [0.717, 1.165) is 25.9 Å². The Hall–Kier alpha value is -0.570. The molecule has 0 unspecified atom stereocenters. The molecule has 3 heteroatoms. The van der Waals surface area contributed by atoms with Crippen molar-refractivity contribution in [3.8, 4) is 0 Å². The number of carbonyl (C=O) groups is 1. The van der Waals surface area contributed by atoms with Gasteiger partial charge in [-0.3, -0.25) is 4.79 Å². The van der Waals surface area contributed by atoms with E-state index < -0.39 is 0 Å². The SMILES string of the molecule is CC[C@@]12CCCO[C@@H]1OC(=O)C2. The first kappa shape index (κ1) is 8.05. The number of rotatable bonds is 1. The zero-order valence-electron chi connectivity index (χ0n) is 7.34. The second-order valence-electron chi connectivity index (χ2n) is 3.69. The van der Waals surface area contributed by atoms with Gasteiger partial charge < -0.3 is 9.47 Å². The summed E-state index contributed by atoms with van der Waals surface area (Å²) in [4.78, 5) is 11.1. The zero-order valence-corrected chi connectivity index (χ0v) is 7.34. The Balaban J connectivity index is 2.19. The molecule has 12 heavy (non-hydrogen) atoms. The lowest BCUT2D eigenvalue weighted by molar-refractivity contribution is -0.193. The molecule has 0 radical (unpaired) electrons. The second kappa shape index (κ2) is 2.73. The molecule has 68 valence electrons. The van der Waals surface area contributed by atoms with Crippen LogP contribution in [0, 0.1) is 5.41 Å². The van der Waals surface area contributed by atoms with E-state index in [0.29, 0.717) is 6.42 Å². The van der Waals surface area contributed by atoms with Gasteiger partial charge in [0.15, 0.2) is 0 Å². The molecule has 0 saturated carbocycles. The maximum atomic E-state index is 11.1. The molecule has 2 rings (SSSR count). The van der Waals surface area contributed by atoms with Gasteiger partial charge in [-0.25, -0.2) is 0 Å². The average molecular weight is 170 g/mol. The Labute approximate surface area is 72.0 Å². The van der Waals surface area contributed by atoms with Crippen LogP contribution < -0.4 is 0 Å². The molecule has 2 heterocycles. The van der Waals surface area contributed by atoms with Gasteiger partial charge in [-0.05, 0) is 19.3 Å². The monoisotopic (exact) mass is 170 g/mol. The highest BCUT2D eigenvalue weighted by molar-refractivity contribution is 5.72. The Morgan fingerprint density at radius 3 is 3.17 bits per heavy atom. The van der Waals surface area contributed by atoms with Crippen LogP contribution in [0.4, 0.5) is 0 Å². The first-order valence-electron chi connectivity index (χ1n) is 4.58. The minimum atomic E-state index is -0.247. The highest BCUT2D eigenvalue weighted by atomic mass is 16.7. The molecule has 0 N–H and O–H groups in total. The van der Waals surface area contributed by atoms with E-state index in [2.05, 4.69) is 6.92 Å². The standard InChI is InChI=1S/C9H14O3/c1-2-9-4-3-5-11-8(9)12-7(10)6-9/h8H,2-6H2,1H3/t8-,9+/m1/s1. The van der Waals surface area contributed by atoms with Crippen molar-refractivity contribution >= 4 is 5.97 Å². The van der Waals surface area contributed by atoms with E-state index in [-0.39, 0.29) is 17.7 Å². The highest BCUT2D eigenvalue weighted by Crippen LogP contribution is 2.45.